The lowest BCUT2D eigenvalue weighted by Crippen LogP contribution is -2.34. The summed E-state index contributed by atoms with van der Waals surface area (Å²) >= 11 is 5.18. The summed E-state index contributed by atoms with van der Waals surface area (Å²) in [4.78, 5) is 31.8. The number of rotatable bonds is 8. The molecule has 1 atom stereocenters. The summed E-state index contributed by atoms with van der Waals surface area (Å²) in [6.07, 6.45) is 1.91. The van der Waals surface area contributed by atoms with Crippen molar-refractivity contribution in [2.45, 2.75) is 26.0 Å². The molecule has 0 bridgehead atoms. The maximum absolute atomic E-state index is 11.9. The lowest BCUT2D eigenvalue weighted by Gasteiger charge is -2.25. The summed E-state index contributed by atoms with van der Waals surface area (Å²) in [5, 5.41) is 40.0. The monoisotopic (exact) mass is 897 g/mol. The van der Waals surface area contributed by atoms with Crippen molar-refractivity contribution in [1.82, 2.24) is 4.90 Å². The molecule has 3 N–H and O–H groups in total. The van der Waals surface area contributed by atoms with Gasteiger partial charge in [0.1, 0.15) is 57.3 Å². The summed E-state index contributed by atoms with van der Waals surface area (Å²) in [6.45, 7) is 4.29. The molecule has 1 fully saturated rings. The van der Waals surface area contributed by atoms with Gasteiger partial charge in [-0.25, -0.2) is 4.79 Å². The van der Waals surface area contributed by atoms with Crippen LogP contribution in [0.3, 0.4) is 0 Å². The highest BCUT2D eigenvalue weighted by molar-refractivity contribution is 8.07. The summed E-state index contributed by atoms with van der Waals surface area (Å²) in [5.41, 5.74) is 5.39. The Morgan fingerprint density at radius 1 is 0.754 bits per heavy atom. The predicted octanol–water partition coefficient (Wildman–Crippen LogP) is 8.05. The molecule has 8 heterocycles. The van der Waals surface area contributed by atoms with E-state index >= 15 is 0 Å². The van der Waals surface area contributed by atoms with Gasteiger partial charge in [0.15, 0.2) is 46.3 Å². The van der Waals surface area contributed by atoms with E-state index < -0.39 is 30.3 Å². The molecule has 10 rings (SSSR count). The van der Waals surface area contributed by atoms with Crippen LogP contribution in [0.1, 0.15) is 22.9 Å². The van der Waals surface area contributed by atoms with Crippen LogP contribution in [0.4, 0.5) is 11.4 Å². The molecule has 5 aromatic rings. The zero-order valence-corrected chi connectivity index (χ0v) is 35.6. The molecule has 0 spiro atoms. The van der Waals surface area contributed by atoms with Crippen LogP contribution in [-0.2, 0) is 22.4 Å². The van der Waals surface area contributed by atoms with Crippen LogP contribution < -0.4 is 33.3 Å². The number of hydrogen-bond acceptors (Lipinski definition) is 16. The zero-order valence-electron chi connectivity index (χ0n) is 32.3. The van der Waals surface area contributed by atoms with Crippen molar-refractivity contribution in [2.24, 2.45) is 0 Å². The van der Waals surface area contributed by atoms with E-state index in [1.54, 1.807) is 23.5 Å². The first-order valence-electron chi connectivity index (χ1n) is 19.4. The van der Waals surface area contributed by atoms with Gasteiger partial charge in [0.2, 0.25) is 0 Å². The van der Waals surface area contributed by atoms with Crippen molar-refractivity contribution in [3.05, 3.63) is 74.0 Å². The van der Waals surface area contributed by atoms with Crippen molar-refractivity contribution in [2.75, 3.05) is 57.6 Å². The third kappa shape index (κ3) is 6.71. The predicted molar refractivity (Wildman–Crippen MR) is 232 cm³/mol. The van der Waals surface area contributed by atoms with Crippen molar-refractivity contribution < 1.29 is 53.3 Å². The topological polar surface area (TPSA) is 180 Å². The van der Waals surface area contributed by atoms with Crippen LogP contribution in [0, 0.1) is 11.3 Å². The van der Waals surface area contributed by atoms with E-state index in [2.05, 4.69) is 54.3 Å². The number of hydrogen-bond donors (Lipinski definition) is 3. The molecule has 61 heavy (non-hydrogen) atoms. The van der Waals surface area contributed by atoms with E-state index in [1.165, 1.54) is 45.2 Å². The SMILES string of the molecule is CCN1c2ccccc2CCc2cc(-c3sc(-c4sc(-c5sc(/C=C6/S/C(=C(\C#N)C(=O)O)N(CC(=O)O)C6O)c6c5OCCO6)c5c4OCCO5)c4c3OCCO4)ccc21. The first kappa shape index (κ1) is 39.3. The van der Waals surface area contributed by atoms with Crippen LogP contribution in [-0.4, -0.2) is 91.1 Å². The summed E-state index contributed by atoms with van der Waals surface area (Å²) < 4.78 is 37.9. The van der Waals surface area contributed by atoms with Gasteiger partial charge in [-0.05, 0) is 60.7 Å². The van der Waals surface area contributed by atoms with Crippen LogP contribution in [0.2, 0.25) is 0 Å². The standard InChI is InChI=1S/C43H35N3O11S4/c1-2-45-25-6-4-3-5-21(25)7-8-22-17-23(9-10-26(22)45)36-32-33(55-14-13-54-32)39(60-36)40-35-34(56-15-16-57-35)38(61-40)37-31-30(52-11-12-53-31)27(58-37)18-28-41(49)46(20-29(47)48)42(59-28)24(19-44)43(50)51/h3-6,9-10,17-18,41,49H,2,7-8,11-16,20H2,1H3,(H,47,48)(H,50,51)/b28-18+,42-24+. The summed E-state index contributed by atoms with van der Waals surface area (Å²) in [5.74, 6) is 0.487. The molecule has 0 radical (unpaired) electrons. The number of carboxylic acids is 2. The number of carboxylic acid groups (broad SMARTS) is 2. The summed E-state index contributed by atoms with van der Waals surface area (Å²) in [6, 6.07) is 16.9. The number of aliphatic hydroxyl groups excluding tert-OH is 1. The molecule has 18 heteroatoms. The third-order valence-corrected chi connectivity index (χ3v) is 15.7. The molecule has 312 valence electrons. The van der Waals surface area contributed by atoms with E-state index in [1.807, 2.05) is 0 Å². The Morgan fingerprint density at radius 2 is 1.30 bits per heavy atom. The Kier molecular flexibility index (Phi) is 10.2. The highest BCUT2D eigenvalue weighted by atomic mass is 32.2. The average Bonchev–Trinajstić information content (AvgIpc) is 4.00. The molecular formula is C43H35N3O11S4. The van der Waals surface area contributed by atoms with Crippen molar-refractivity contribution in [3.63, 3.8) is 0 Å². The number of anilines is 2. The van der Waals surface area contributed by atoms with Crippen molar-refractivity contribution in [1.29, 1.82) is 5.26 Å². The van der Waals surface area contributed by atoms with Crippen molar-refractivity contribution >= 4 is 75.2 Å². The number of aryl methyl sites for hydroxylation is 2. The Balaban J connectivity index is 1.07. The normalized spacial score (nSPS) is 18.9. The molecule has 2 aromatic carbocycles. The number of benzene rings is 2. The minimum Gasteiger partial charge on any atom is -0.485 e. The van der Waals surface area contributed by atoms with Gasteiger partial charge >= 0.3 is 11.9 Å². The highest BCUT2D eigenvalue weighted by Gasteiger charge is 2.40. The fourth-order valence-corrected chi connectivity index (χ4v) is 13.1. The van der Waals surface area contributed by atoms with Gasteiger partial charge in [0.25, 0.3) is 0 Å². The quantitative estimate of drug-likeness (QED) is 0.100. The van der Waals surface area contributed by atoms with Crippen molar-refractivity contribution in [3.8, 4) is 70.5 Å². The molecule has 5 aliphatic rings. The molecule has 1 unspecified atom stereocenters. The molecule has 5 aliphatic heterocycles. The Morgan fingerprint density at radius 3 is 1.90 bits per heavy atom. The number of nitrogens with zero attached hydrogens (tertiary/aromatic N) is 3. The lowest BCUT2D eigenvalue weighted by atomic mass is 10.0. The van der Waals surface area contributed by atoms with Gasteiger partial charge in [-0.1, -0.05) is 36.0 Å². The van der Waals surface area contributed by atoms with E-state index in [0.29, 0.717) is 70.7 Å². The molecule has 1 saturated heterocycles. The lowest BCUT2D eigenvalue weighted by molar-refractivity contribution is -0.139. The molecule has 0 aliphatic carbocycles. The average molecular weight is 898 g/mol. The van der Waals surface area contributed by atoms with Crippen LogP contribution in [0.5, 0.6) is 34.5 Å². The summed E-state index contributed by atoms with van der Waals surface area (Å²) in [7, 11) is 0. The minimum absolute atomic E-state index is 0.175. The number of aliphatic hydroxyl groups is 1. The Bertz CT molecular complexity index is 2740. The molecule has 3 aromatic heterocycles. The maximum atomic E-state index is 11.9. The number of ether oxygens (including phenoxy) is 6. The number of thiophene rings is 3. The van der Waals surface area contributed by atoms with E-state index in [4.69, 9.17) is 28.4 Å². The van der Waals surface area contributed by atoms with Gasteiger partial charge in [-0.2, -0.15) is 5.26 Å². The number of para-hydroxylation sites is 1. The second-order valence-electron chi connectivity index (χ2n) is 14.2. The van der Waals surface area contributed by atoms with Crippen LogP contribution in [0.15, 0.2) is 58.0 Å². The van der Waals surface area contributed by atoms with Gasteiger partial charge < -0.3 is 53.5 Å². The highest BCUT2D eigenvalue weighted by Crippen LogP contribution is 2.64. The van der Waals surface area contributed by atoms with E-state index in [0.717, 1.165) is 61.1 Å². The van der Waals surface area contributed by atoms with Gasteiger partial charge in [0.05, 0.1) is 29.3 Å². The number of nitriles is 1. The maximum Gasteiger partial charge on any atom is 0.349 e. The zero-order chi connectivity index (χ0) is 41.9. The first-order chi connectivity index (χ1) is 29.7. The van der Waals surface area contributed by atoms with Gasteiger partial charge in [0, 0.05) is 22.8 Å². The molecular weight excluding hydrogens is 863 g/mol. The second-order valence-corrected chi connectivity index (χ2v) is 18.4. The second kappa shape index (κ2) is 15.9. The Hall–Kier alpha value is -5.84. The van der Waals surface area contributed by atoms with Crippen LogP contribution in [0.25, 0.3) is 36.0 Å². The fourth-order valence-electron chi connectivity index (χ4n) is 8.08. The van der Waals surface area contributed by atoms with Gasteiger partial charge in [-0.3, -0.25) is 4.79 Å². The molecule has 14 nitrogen and oxygen atoms in total. The number of thioether (sulfide) groups is 1. The largest absolute Gasteiger partial charge is 0.485 e. The van der Waals surface area contributed by atoms with E-state index in [-0.39, 0.29) is 23.1 Å². The minimum atomic E-state index is -1.54. The molecule has 0 amide bonds. The molecule has 0 saturated carbocycles. The third-order valence-electron chi connectivity index (χ3n) is 10.7. The first-order valence-corrected chi connectivity index (χ1v) is 22.7. The van der Waals surface area contributed by atoms with Crippen LogP contribution >= 0.6 is 45.8 Å². The fraction of sp³-hybridized carbons (Fsp3) is 0.279. The Labute approximate surface area is 365 Å². The van der Waals surface area contributed by atoms with E-state index in [9.17, 15) is 30.2 Å². The number of carbonyl (C=O) groups is 2. The van der Waals surface area contributed by atoms with Gasteiger partial charge in [-0.15, -0.1) is 34.0 Å². The smallest absolute Gasteiger partial charge is 0.349 e. The number of fused-ring (bicyclic) bond motifs is 5. The number of aliphatic carboxylic acids is 2.